The van der Waals surface area contributed by atoms with Crippen molar-refractivity contribution in [1.29, 1.82) is 0 Å². The Morgan fingerprint density at radius 3 is 2.39 bits per heavy atom. The van der Waals surface area contributed by atoms with Crippen molar-refractivity contribution in [3.63, 3.8) is 0 Å². The summed E-state index contributed by atoms with van der Waals surface area (Å²) < 4.78 is 0. The molecule has 0 aromatic rings. The van der Waals surface area contributed by atoms with Crippen molar-refractivity contribution < 1.29 is 9.59 Å². The molecule has 0 saturated heterocycles. The maximum absolute atomic E-state index is 12.7. The van der Waals surface area contributed by atoms with Gasteiger partial charge in [-0.25, -0.2) is 4.90 Å². The Bertz CT molecular complexity index is 831. The van der Waals surface area contributed by atoms with E-state index in [0.29, 0.717) is 11.3 Å². The molecule has 0 aromatic heterocycles. The van der Waals surface area contributed by atoms with Crippen LogP contribution in [0.25, 0.3) is 0 Å². The molecule has 0 unspecified atom stereocenters. The first-order valence-corrected chi connectivity index (χ1v) is 9.07. The van der Waals surface area contributed by atoms with Gasteiger partial charge in [0.2, 0.25) is 5.91 Å². The van der Waals surface area contributed by atoms with Gasteiger partial charge in [-0.05, 0) is 39.0 Å². The zero-order chi connectivity index (χ0) is 20.9. The average molecular weight is 377 g/mol. The number of carbonyl (C=O) groups excluding carboxylic acids is 2. The van der Waals surface area contributed by atoms with Crippen LogP contribution in [-0.4, -0.2) is 16.7 Å². The second-order valence-corrected chi connectivity index (χ2v) is 5.93. The molecule has 1 aliphatic rings. The van der Waals surface area contributed by atoms with Crippen molar-refractivity contribution in [2.45, 2.75) is 27.2 Å². The molecule has 0 saturated carbocycles. The molecule has 0 atom stereocenters. The van der Waals surface area contributed by atoms with Crippen LogP contribution in [0, 0.1) is 0 Å². The second kappa shape index (κ2) is 12.1. The number of nitrogens with one attached hydrogen (secondary N) is 1. The first-order chi connectivity index (χ1) is 13.4. The molecule has 1 heterocycles. The number of hydrogen-bond acceptors (Lipinski definition) is 3. The first-order valence-electron chi connectivity index (χ1n) is 9.07. The quantitative estimate of drug-likeness (QED) is 0.502. The van der Waals surface area contributed by atoms with Gasteiger partial charge in [-0.3, -0.25) is 9.59 Å². The van der Waals surface area contributed by atoms with Crippen LogP contribution in [0.4, 0.5) is 0 Å². The Morgan fingerprint density at radius 1 is 1.07 bits per heavy atom. The zero-order valence-corrected chi connectivity index (χ0v) is 16.8. The monoisotopic (exact) mass is 376 g/mol. The van der Waals surface area contributed by atoms with Crippen LogP contribution in [-0.2, 0) is 9.59 Å². The van der Waals surface area contributed by atoms with Crippen molar-refractivity contribution in [3.8, 4) is 0 Å². The lowest BCUT2D eigenvalue weighted by Gasteiger charge is -2.21. The summed E-state index contributed by atoms with van der Waals surface area (Å²) in [5, 5.41) is 3.26. The predicted octanol–water partition coefficient (Wildman–Crippen LogP) is 5.01. The zero-order valence-electron chi connectivity index (χ0n) is 16.8. The van der Waals surface area contributed by atoms with Gasteiger partial charge in [-0.2, -0.15) is 0 Å². The van der Waals surface area contributed by atoms with E-state index in [1.807, 2.05) is 38.2 Å². The molecule has 146 valence electrons. The fourth-order valence-electron chi connectivity index (χ4n) is 2.27. The van der Waals surface area contributed by atoms with Crippen LogP contribution in [0.15, 0.2) is 109 Å². The molecular formula is C24H28N2O2. The number of imide groups is 1. The third-order valence-corrected chi connectivity index (χ3v) is 3.85. The normalized spacial score (nSPS) is 20.8. The standard InChI is InChI=1S/C24H28N2O2/c1-6-9-15-21(7-2)25-22(8-3)18-17-20(5)26-23(27)16-13-11-10-12-14-19(4)24(26)28/h6-15,17-18,25H,1,5,16H2,2-4H3/b12-10-,13-11+,15-9-,18-17-,19-14+,21-7?,22-8+. The number of rotatable bonds is 7. The number of hydrogen-bond donors (Lipinski definition) is 1. The van der Waals surface area contributed by atoms with Crippen molar-refractivity contribution in [3.05, 3.63) is 109 Å². The van der Waals surface area contributed by atoms with Crippen LogP contribution < -0.4 is 5.32 Å². The van der Waals surface area contributed by atoms with Crippen LogP contribution in [0.5, 0.6) is 0 Å². The van der Waals surface area contributed by atoms with E-state index in [1.165, 1.54) is 0 Å². The minimum Gasteiger partial charge on any atom is -0.356 e. The van der Waals surface area contributed by atoms with Crippen molar-refractivity contribution >= 4 is 11.8 Å². The number of allylic oxidation sites excluding steroid dienone is 11. The van der Waals surface area contributed by atoms with Gasteiger partial charge in [-0.15, -0.1) is 0 Å². The Kier molecular flexibility index (Phi) is 9.76. The fraction of sp³-hybridized carbons (Fsp3) is 0.167. The first kappa shape index (κ1) is 22.6. The molecular weight excluding hydrogens is 348 g/mol. The minimum atomic E-state index is -0.377. The lowest BCUT2D eigenvalue weighted by molar-refractivity contribution is -0.139. The summed E-state index contributed by atoms with van der Waals surface area (Å²) in [5.74, 6) is -0.699. The van der Waals surface area contributed by atoms with Gasteiger partial charge >= 0.3 is 0 Å². The van der Waals surface area contributed by atoms with Gasteiger partial charge in [0.05, 0.1) is 0 Å². The Hall–Kier alpha value is -3.40. The van der Waals surface area contributed by atoms with Crippen LogP contribution in [0.2, 0.25) is 0 Å². The largest absolute Gasteiger partial charge is 0.356 e. The lowest BCUT2D eigenvalue weighted by atomic mass is 10.1. The summed E-state index contributed by atoms with van der Waals surface area (Å²) in [5.41, 5.74) is 2.47. The molecule has 0 aliphatic carbocycles. The van der Waals surface area contributed by atoms with Crippen LogP contribution in [0.3, 0.4) is 0 Å². The second-order valence-electron chi connectivity index (χ2n) is 5.93. The maximum Gasteiger partial charge on any atom is 0.260 e. The van der Waals surface area contributed by atoms with Crippen LogP contribution >= 0.6 is 0 Å². The molecule has 4 nitrogen and oxygen atoms in total. The molecule has 1 N–H and O–H groups in total. The molecule has 0 spiro atoms. The van der Waals surface area contributed by atoms with Gasteiger partial charge in [0, 0.05) is 29.1 Å². The van der Waals surface area contributed by atoms with Gasteiger partial charge in [0.25, 0.3) is 5.91 Å². The highest BCUT2D eigenvalue weighted by atomic mass is 16.2. The van der Waals surface area contributed by atoms with Crippen molar-refractivity contribution in [2.24, 2.45) is 0 Å². The van der Waals surface area contributed by atoms with Gasteiger partial charge in [-0.1, -0.05) is 67.8 Å². The van der Waals surface area contributed by atoms with Gasteiger partial charge in [0.1, 0.15) is 0 Å². The van der Waals surface area contributed by atoms with E-state index < -0.39 is 0 Å². The van der Waals surface area contributed by atoms with E-state index in [1.54, 1.807) is 55.5 Å². The molecule has 28 heavy (non-hydrogen) atoms. The Balaban J connectivity index is 3.04. The maximum atomic E-state index is 12.7. The lowest BCUT2D eigenvalue weighted by Crippen LogP contribution is -2.35. The highest BCUT2D eigenvalue weighted by Crippen LogP contribution is 2.14. The molecule has 1 rings (SSSR count). The average Bonchev–Trinajstić information content (AvgIpc) is 2.69. The topological polar surface area (TPSA) is 49.4 Å². The summed E-state index contributed by atoms with van der Waals surface area (Å²) in [4.78, 5) is 26.4. The van der Waals surface area contributed by atoms with Gasteiger partial charge < -0.3 is 5.32 Å². The third-order valence-electron chi connectivity index (χ3n) is 3.85. The number of carbonyl (C=O) groups is 2. The SMILES string of the molecule is C=C/C=C\C(=CC)NC(/C=C\C(=C)N1C(=O)C/C=C/C=C\C=C(/C)C1=O)=C/C. The van der Waals surface area contributed by atoms with E-state index in [2.05, 4.69) is 18.5 Å². The predicted molar refractivity (Wildman–Crippen MR) is 117 cm³/mol. The van der Waals surface area contributed by atoms with Crippen LogP contribution in [0.1, 0.15) is 27.2 Å². The third kappa shape index (κ3) is 7.08. The summed E-state index contributed by atoms with van der Waals surface area (Å²) in [7, 11) is 0. The van der Waals surface area contributed by atoms with E-state index in [9.17, 15) is 9.59 Å². The number of nitrogens with zero attached hydrogens (tertiary/aromatic N) is 1. The highest BCUT2D eigenvalue weighted by molar-refractivity contribution is 6.06. The molecule has 4 heteroatoms. The summed E-state index contributed by atoms with van der Waals surface area (Å²) in [6, 6.07) is 0. The molecule has 0 radical (unpaired) electrons. The number of amides is 2. The Morgan fingerprint density at radius 2 is 1.75 bits per heavy atom. The van der Waals surface area contributed by atoms with E-state index in [4.69, 9.17) is 0 Å². The summed E-state index contributed by atoms with van der Waals surface area (Å²) in [6.45, 7) is 13.1. The molecule has 0 bridgehead atoms. The molecule has 0 aromatic carbocycles. The molecule has 0 fully saturated rings. The Labute approximate surface area is 168 Å². The summed E-state index contributed by atoms with van der Waals surface area (Å²) >= 11 is 0. The van der Waals surface area contributed by atoms with Crippen molar-refractivity contribution in [1.82, 2.24) is 10.2 Å². The van der Waals surface area contributed by atoms with Gasteiger partial charge in [0.15, 0.2) is 0 Å². The fourth-order valence-corrected chi connectivity index (χ4v) is 2.27. The van der Waals surface area contributed by atoms with Crippen molar-refractivity contribution in [2.75, 3.05) is 0 Å². The van der Waals surface area contributed by atoms with E-state index >= 15 is 0 Å². The van der Waals surface area contributed by atoms with E-state index in [-0.39, 0.29) is 18.2 Å². The van der Waals surface area contributed by atoms with E-state index in [0.717, 1.165) is 16.3 Å². The highest BCUT2D eigenvalue weighted by Gasteiger charge is 2.23. The summed E-state index contributed by atoms with van der Waals surface area (Å²) in [6.07, 6.45) is 21.5. The molecule has 1 aliphatic heterocycles. The minimum absolute atomic E-state index is 0.125. The molecule has 2 amide bonds. The smallest absolute Gasteiger partial charge is 0.260 e.